The number of hydrogen-bond donors (Lipinski definition) is 1. The highest BCUT2D eigenvalue weighted by atomic mass is 16.5. The van der Waals surface area contributed by atoms with Crippen molar-refractivity contribution < 1.29 is 19.4 Å². The highest BCUT2D eigenvalue weighted by molar-refractivity contribution is 5.73. The van der Waals surface area contributed by atoms with E-state index < -0.39 is 5.60 Å². The topological polar surface area (TPSA) is 80.1 Å². The van der Waals surface area contributed by atoms with Crippen LogP contribution in [0.5, 0.6) is 11.5 Å². The predicted octanol–water partition coefficient (Wildman–Crippen LogP) is 2.78. The minimum atomic E-state index is -1.18. The van der Waals surface area contributed by atoms with Crippen LogP contribution in [0.15, 0.2) is 60.9 Å². The van der Waals surface area contributed by atoms with Gasteiger partial charge in [0, 0.05) is 52.5 Å². The standard InChI is InChI=1S/C27H34N4O4/c1-21-4-8-25(9-5-21)35-20-27(33)18-30(14-15-31(19-27)22(2)32)16-23-6-10-24(11-7-23)34-17-26-28-12-13-29(26)3/h4-13,33H,14-20H2,1-3H3/t27-/m1/s1. The largest absolute Gasteiger partial charge is 0.490 e. The van der Waals surface area contributed by atoms with E-state index >= 15 is 0 Å². The SMILES string of the molecule is CC(=O)N1CCN(Cc2ccc(OCc3nccn3C)cc2)C[C@](O)(COc2ccc(C)cc2)C1. The third-order valence-corrected chi connectivity index (χ3v) is 6.28. The number of carbonyl (C=O) groups is 1. The fourth-order valence-corrected chi connectivity index (χ4v) is 4.22. The number of β-amino-alcohol motifs (C(OH)–C–C–N with tert-alkyl or cyclic N) is 1. The normalized spacial score (nSPS) is 18.8. The summed E-state index contributed by atoms with van der Waals surface area (Å²) in [6.45, 7) is 6.60. The Balaban J connectivity index is 1.39. The van der Waals surface area contributed by atoms with Crippen molar-refractivity contribution in [3.63, 3.8) is 0 Å². The summed E-state index contributed by atoms with van der Waals surface area (Å²) in [5.41, 5.74) is 1.07. The maximum Gasteiger partial charge on any atom is 0.219 e. The Hall–Kier alpha value is -3.36. The second kappa shape index (κ2) is 10.9. The van der Waals surface area contributed by atoms with Crippen LogP contribution in [0.25, 0.3) is 0 Å². The van der Waals surface area contributed by atoms with Gasteiger partial charge in [-0.1, -0.05) is 29.8 Å². The number of ether oxygens (including phenoxy) is 2. The van der Waals surface area contributed by atoms with E-state index in [9.17, 15) is 9.90 Å². The van der Waals surface area contributed by atoms with E-state index in [1.807, 2.05) is 73.3 Å². The molecule has 0 bridgehead atoms. The molecule has 1 N–H and O–H groups in total. The quantitative estimate of drug-likeness (QED) is 0.536. The van der Waals surface area contributed by atoms with Gasteiger partial charge in [-0.3, -0.25) is 9.69 Å². The summed E-state index contributed by atoms with van der Waals surface area (Å²) < 4.78 is 13.7. The van der Waals surface area contributed by atoms with Crippen LogP contribution < -0.4 is 9.47 Å². The van der Waals surface area contributed by atoms with E-state index in [1.165, 1.54) is 0 Å². The van der Waals surface area contributed by atoms with Crippen molar-refractivity contribution in [1.29, 1.82) is 0 Å². The van der Waals surface area contributed by atoms with Crippen LogP contribution in [-0.4, -0.2) is 68.8 Å². The molecule has 1 atom stereocenters. The molecule has 3 aromatic rings. The molecule has 4 rings (SSSR count). The molecular weight excluding hydrogens is 444 g/mol. The molecule has 2 heterocycles. The van der Waals surface area contributed by atoms with E-state index in [0.717, 1.165) is 22.7 Å². The first-order valence-corrected chi connectivity index (χ1v) is 11.9. The lowest BCUT2D eigenvalue weighted by Gasteiger charge is -2.32. The van der Waals surface area contributed by atoms with Crippen molar-refractivity contribution in [2.24, 2.45) is 7.05 Å². The molecule has 1 saturated heterocycles. The Morgan fingerprint density at radius 1 is 1.03 bits per heavy atom. The first-order chi connectivity index (χ1) is 16.8. The Kier molecular flexibility index (Phi) is 7.73. The summed E-state index contributed by atoms with van der Waals surface area (Å²) >= 11 is 0. The van der Waals surface area contributed by atoms with Crippen molar-refractivity contribution in [3.8, 4) is 11.5 Å². The van der Waals surface area contributed by atoms with Gasteiger partial charge in [-0.05, 0) is 36.8 Å². The van der Waals surface area contributed by atoms with E-state index in [2.05, 4.69) is 9.88 Å². The van der Waals surface area contributed by atoms with Crippen molar-refractivity contribution in [3.05, 3.63) is 77.9 Å². The van der Waals surface area contributed by atoms with E-state index in [1.54, 1.807) is 18.0 Å². The third-order valence-electron chi connectivity index (χ3n) is 6.28. The van der Waals surface area contributed by atoms with Crippen LogP contribution in [0.1, 0.15) is 23.9 Å². The Bertz CT molecular complexity index is 1110. The van der Waals surface area contributed by atoms with E-state index in [0.29, 0.717) is 38.5 Å². The Morgan fingerprint density at radius 3 is 2.37 bits per heavy atom. The number of hydrogen-bond acceptors (Lipinski definition) is 6. The van der Waals surface area contributed by atoms with Gasteiger partial charge >= 0.3 is 0 Å². The molecule has 0 spiro atoms. The van der Waals surface area contributed by atoms with Crippen molar-refractivity contribution in [2.75, 3.05) is 32.8 Å². The molecule has 0 saturated carbocycles. The van der Waals surface area contributed by atoms with Gasteiger partial charge < -0.3 is 24.0 Å². The molecule has 0 aliphatic carbocycles. The van der Waals surface area contributed by atoms with Gasteiger partial charge in [0.25, 0.3) is 0 Å². The summed E-state index contributed by atoms with van der Waals surface area (Å²) in [4.78, 5) is 20.3. The monoisotopic (exact) mass is 478 g/mol. The molecule has 8 heteroatoms. The van der Waals surface area contributed by atoms with Crippen LogP contribution in [0.4, 0.5) is 0 Å². The third kappa shape index (κ3) is 6.83. The molecular formula is C27H34N4O4. The number of aliphatic hydroxyl groups is 1. The molecule has 2 aromatic carbocycles. The minimum absolute atomic E-state index is 0.0465. The summed E-state index contributed by atoms with van der Waals surface area (Å²) in [6, 6.07) is 15.7. The second-order valence-electron chi connectivity index (χ2n) is 9.36. The van der Waals surface area contributed by atoms with Crippen LogP contribution in [0.2, 0.25) is 0 Å². The van der Waals surface area contributed by atoms with Crippen LogP contribution >= 0.6 is 0 Å². The fraction of sp³-hybridized carbons (Fsp3) is 0.407. The minimum Gasteiger partial charge on any atom is -0.490 e. The zero-order chi connectivity index (χ0) is 24.8. The lowest BCUT2D eigenvalue weighted by Crippen LogP contribution is -2.51. The number of nitrogens with zero attached hydrogens (tertiary/aromatic N) is 4. The van der Waals surface area contributed by atoms with Gasteiger partial charge in [0.2, 0.25) is 5.91 Å². The first kappa shape index (κ1) is 24.8. The summed E-state index contributed by atoms with van der Waals surface area (Å²) in [7, 11) is 1.94. The zero-order valence-corrected chi connectivity index (χ0v) is 20.7. The first-order valence-electron chi connectivity index (χ1n) is 11.9. The number of benzene rings is 2. The molecule has 1 aliphatic heterocycles. The highest BCUT2D eigenvalue weighted by Crippen LogP contribution is 2.21. The predicted molar refractivity (Wildman–Crippen MR) is 133 cm³/mol. The molecule has 8 nitrogen and oxygen atoms in total. The Labute approximate surface area is 206 Å². The van der Waals surface area contributed by atoms with Crippen molar-refractivity contribution in [1.82, 2.24) is 19.4 Å². The number of rotatable bonds is 8. The molecule has 1 fully saturated rings. The van der Waals surface area contributed by atoms with Gasteiger partial charge in [0.1, 0.15) is 36.1 Å². The number of imidazole rings is 1. The van der Waals surface area contributed by atoms with Gasteiger partial charge in [-0.15, -0.1) is 0 Å². The average molecular weight is 479 g/mol. The average Bonchev–Trinajstić information content (AvgIpc) is 3.17. The fourth-order valence-electron chi connectivity index (χ4n) is 4.22. The molecule has 35 heavy (non-hydrogen) atoms. The van der Waals surface area contributed by atoms with Crippen LogP contribution in [0.3, 0.4) is 0 Å². The van der Waals surface area contributed by atoms with Crippen molar-refractivity contribution in [2.45, 2.75) is 32.6 Å². The van der Waals surface area contributed by atoms with E-state index in [4.69, 9.17) is 9.47 Å². The van der Waals surface area contributed by atoms with Crippen LogP contribution in [0, 0.1) is 6.92 Å². The van der Waals surface area contributed by atoms with Crippen LogP contribution in [-0.2, 0) is 25.0 Å². The number of aromatic nitrogens is 2. The number of amides is 1. The smallest absolute Gasteiger partial charge is 0.219 e. The molecule has 1 aromatic heterocycles. The highest BCUT2D eigenvalue weighted by Gasteiger charge is 2.36. The van der Waals surface area contributed by atoms with Gasteiger partial charge in [0.05, 0.1) is 6.54 Å². The van der Waals surface area contributed by atoms with E-state index in [-0.39, 0.29) is 19.1 Å². The molecule has 1 amide bonds. The molecule has 186 valence electrons. The second-order valence-corrected chi connectivity index (χ2v) is 9.36. The van der Waals surface area contributed by atoms with Gasteiger partial charge in [-0.25, -0.2) is 4.98 Å². The Morgan fingerprint density at radius 2 is 1.71 bits per heavy atom. The molecule has 1 aliphatic rings. The maximum absolute atomic E-state index is 12.2. The lowest BCUT2D eigenvalue weighted by atomic mass is 10.0. The zero-order valence-electron chi connectivity index (χ0n) is 20.7. The maximum atomic E-state index is 12.2. The summed E-state index contributed by atoms with van der Waals surface area (Å²) in [6.07, 6.45) is 3.65. The van der Waals surface area contributed by atoms with Gasteiger partial charge in [0.15, 0.2) is 0 Å². The molecule has 0 radical (unpaired) electrons. The van der Waals surface area contributed by atoms with Gasteiger partial charge in [-0.2, -0.15) is 0 Å². The summed E-state index contributed by atoms with van der Waals surface area (Å²) in [5, 5.41) is 11.5. The van der Waals surface area contributed by atoms with Crippen molar-refractivity contribution >= 4 is 5.91 Å². The summed E-state index contributed by atoms with van der Waals surface area (Å²) in [5.74, 6) is 2.30. The number of carbonyl (C=O) groups excluding carboxylic acids is 1. The molecule has 0 unspecified atom stereocenters. The number of aryl methyl sites for hydroxylation is 2. The lowest BCUT2D eigenvalue weighted by molar-refractivity contribution is -0.132.